The molecule has 2 aromatic rings. The second kappa shape index (κ2) is 12.3. The Balaban J connectivity index is 0.00000364. The third kappa shape index (κ3) is 7.93. The van der Waals surface area contributed by atoms with Gasteiger partial charge in [0.05, 0.1) is 0 Å². The number of thioether (sulfide) groups is 1. The summed E-state index contributed by atoms with van der Waals surface area (Å²) < 4.78 is 0. The molecule has 0 saturated heterocycles. The quantitative estimate of drug-likeness (QED) is 0.558. The lowest BCUT2D eigenvalue weighted by molar-refractivity contribution is -0.122. The molecule has 0 aliphatic rings. The molecule has 0 spiro atoms. The third-order valence-corrected chi connectivity index (χ3v) is 4.61. The number of anilines is 1. The Labute approximate surface area is 170 Å². The average molecular weight is 408 g/mol. The van der Waals surface area contributed by atoms with Gasteiger partial charge >= 0.3 is 0 Å². The summed E-state index contributed by atoms with van der Waals surface area (Å²) in [5.74, 6) is 0.412. The van der Waals surface area contributed by atoms with Crippen LogP contribution < -0.4 is 16.4 Å². The van der Waals surface area contributed by atoms with E-state index in [-0.39, 0.29) is 24.2 Å². The van der Waals surface area contributed by atoms with E-state index in [1.54, 1.807) is 36.0 Å². The monoisotopic (exact) mass is 407 g/mol. The van der Waals surface area contributed by atoms with Gasteiger partial charge in [0.1, 0.15) is 6.04 Å². The van der Waals surface area contributed by atoms with Crippen molar-refractivity contribution in [2.24, 2.45) is 0 Å². The summed E-state index contributed by atoms with van der Waals surface area (Å²) in [6.45, 7) is 0.514. The molecule has 0 heterocycles. The highest BCUT2D eigenvalue weighted by molar-refractivity contribution is 7.98. The Morgan fingerprint density at radius 1 is 1.07 bits per heavy atom. The van der Waals surface area contributed by atoms with E-state index < -0.39 is 6.04 Å². The molecule has 2 amide bonds. The zero-order valence-electron chi connectivity index (χ0n) is 15.3. The third-order valence-electron chi connectivity index (χ3n) is 3.96. The van der Waals surface area contributed by atoms with Crippen LogP contribution in [0.15, 0.2) is 54.6 Å². The van der Waals surface area contributed by atoms with E-state index >= 15 is 0 Å². The van der Waals surface area contributed by atoms with Crippen molar-refractivity contribution < 1.29 is 9.59 Å². The predicted octanol–water partition coefficient (Wildman–Crippen LogP) is 2.90. The van der Waals surface area contributed by atoms with Crippen LogP contribution in [0.1, 0.15) is 22.3 Å². The molecular weight excluding hydrogens is 382 g/mol. The highest BCUT2D eigenvalue weighted by Crippen LogP contribution is 2.07. The first-order chi connectivity index (χ1) is 12.6. The maximum atomic E-state index is 12.5. The second-order valence-electron chi connectivity index (χ2n) is 5.96. The highest BCUT2D eigenvalue weighted by Gasteiger charge is 2.20. The van der Waals surface area contributed by atoms with Gasteiger partial charge < -0.3 is 16.4 Å². The molecule has 4 N–H and O–H groups in total. The van der Waals surface area contributed by atoms with Crippen molar-refractivity contribution in [2.45, 2.75) is 18.9 Å². The van der Waals surface area contributed by atoms with E-state index in [1.165, 1.54) is 0 Å². The minimum absolute atomic E-state index is 0. The zero-order chi connectivity index (χ0) is 18.8. The smallest absolute Gasteiger partial charge is 0.251 e. The molecule has 0 aliphatic heterocycles. The number of carbonyl (C=O) groups excluding carboxylic acids is 2. The number of hydrogen-bond acceptors (Lipinski definition) is 4. The van der Waals surface area contributed by atoms with Gasteiger partial charge in [-0.25, -0.2) is 0 Å². The summed E-state index contributed by atoms with van der Waals surface area (Å²) in [6.07, 6.45) is 3.29. The van der Waals surface area contributed by atoms with Crippen molar-refractivity contribution >= 4 is 41.7 Å². The van der Waals surface area contributed by atoms with Crippen LogP contribution >= 0.6 is 24.2 Å². The van der Waals surface area contributed by atoms with Gasteiger partial charge in [0.2, 0.25) is 5.91 Å². The SMILES string of the molecule is CSCCC(NC(=O)c1ccccc1)C(=O)NCCc1ccc(N)cc1.Cl. The van der Waals surface area contributed by atoms with Crippen molar-refractivity contribution in [1.29, 1.82) is 0 Å². The molecule has 0 bridgehead atoms. The molecule has 5 nitrogen and oxygen atoms in total. The Hall–Kier alpha value is -2.18. The van der Waals surface area contributed by atoms with Crippen molar-refractivity contribution in [2.75, 3.05) is 24.3 Å². The van der Waals surface area contributed by atoms with Crippen LogP contribution in [0.5, 0.6) is 0 Å². The van der Waals surface area contributed by atoms with Crippen molar-refractivity contribution in [3.63, 3.8) is 0 Å². The number of hydrogen-bond donors (Lipinski definition) is 3. The van der Waals surface area contributed by atoms with Crippen LogP contribution in [0.4, 0.5) is 5.69 Å². The molecule has 0 saturated carbocycles. The number of benzene rings is 2. The van der Waals surface area contributed by atoms with Crippen LogP contribution in [0.3, 0.4) is 0 Å². The van der Waals surface area contributed by atoms with Crippen LogP contribution in [-0.2, 0) is 11.2 Å². The first kappa shape index (κ1) is 22.9. The van der Waals surface area contributed by atoms with E-state index in [4.69, 9.17) is 5.73 Å². The van der Waals surface area contributed by atoms with Gasteiger partial charge in [-0.15, -0.1) is 12.4 Å². The Morgan fingerprint density at radius 2 is 1.74 bits per heavy atom. The van der Waals surface area contributed by atoms with Gasteiger partial charge in [0.15, 0.2) is 0 Å². The van der Waals surface area contributed by atoms with Gasteiger partial charge in [-0.3, -0.25) is 9.59 Å². The maximum Gasteiger partial charge on any atom is 0.251 e. The normalized spacial score (nSPS) is 11.1. The molecule has 0 fully saturated rings. The first-order valence-electron chi connectivity index (χ1n) is 8.57. The van der Waals surface area contributed by atoms with E-state index in [0.717, 1.165) is 17.0 Å². The molecule has 2 aromatic carbocycles. The first-order valence-corrected chi connectivity index (χ1v) is 9.96. The molecule has 27 heavy (non-hydrogen) atoms. The second-order valence-corrected chi connectivity index (χ2v) is 6.94. The van der Waals surface area contributed by atoms with Crippen molar-refractivity contribution in [3.8, 4) is 0 Å². The van der Waals surface area contributed by atoms with Gasteiger partial charge in [-0.05, 0) is 54.7 Å². The molecule has 0 aliphatic carbocycles. The number of nitrogen functional groups attached to an aromatic ring is 1. The van der Waals surface area contributed by atoms with Crippen LogP contribution in [0, 0.1) is 0 Å². The fraction of sp³-hybridized carbons (Fsp3) is 0.300. The maximum absolute atomic E-state index is 12.5. The number of carbonyl (C=O) groups is 2. The summed E-state index contributed by atoms with van der Waals surface area (Å²) in [4.78, 5) is 24.8. The Kier molecular flexibility index (Phi) is 10.4. The number of nitrogens with one attached hydrogen (secondary N) is 2. The predicted molar refractivity (Wildman–Crippen MR) is 116 cm³/mol. The van der Waals surface area contributed by atoms with E-state index in [2.05, 4.69) is 10.6 Å². The van der Waals surface area contributed by atoms with Crippen molar-refractivity contribution in [3.05, 3.63) is 65.7 Å². The number of nitrogens with two attached hydrogens (primary N) is 1. The molecule has 2 rings (SSSR count). The molecule has 7 heteroatoms. The molecule has 1 unspecified atom stereocenters. The van der Waals surface area contributed by atoms with Crippen LogP contribution in [0.2, 0.25) is 0 Å². The minimum Gasteiger partial charge on any atom is -0.399 e. The van der Waals surface area contributed by atoms with Gasteiger partial charge in [0, 0.05) is 17.8 Å². The number of amides is 2. The van der Waals surface area contributed by atoms with Crippen LogP contribution in [0.25, 0.3) is 0 Å². The van der Waals surface area contributed by atoms with Crippen LogP contribution in [-0.4, -0.2) is 36.4 Å². The van der Waals surface area contributed by atoms with Gasteiger partial charge in [0.25, 0.3) is 5.91 Å². The average Bonchev–Trinajstić information content (AvgIpc) is 2.67. The fourth-order valence-corrected chi connectivity index (χ4v) is 2.94. The summed E-state index contributed by atoms with van der Waals surface area (Å²) in [6, 6.07) is 16.0. The summed E-state index contributed by atoms with van der Waals surface area (Å²) in [7, 11) is 0. The zero-order valence-corrected chi connectivity index (χ0v) is 16.9. The van der Waals surface area contributed by atoms with E-state index in [9.17, 15) is 9.59 Å². The highest BCUT2D eigenvalue weighted by atomic mass is 35.5. The molecule has 1 atom stereocenters. The topological polar surface area (TPSA) is 84.2 Å². The summed E-state index contributed by atoms with van der Waals surface area (Å²) in [5.41, 5.74) is 8.05. The molecule has 146 valence electrons. The molecule has 0 aromatic heterocycles. The Bertz CT molecular complexity index is 711. The Morgan fingerprint density at radius 3 is 2.37 bits per heavy atom. The van der Waals surface area contributed by atoms with Gasteiger partial charge in [-0.1, -0.05) is 30.3 Å². The number of halogens is 1. The van der Waals surface area contributed by atoms with Crippen molar-refractivity contribution in [1.82, 2.24) is 10.6 Å². The number of rotatable bonds is 9. The summed E-state index contributed by atoms with van der Waals surface area (Å²) >= 11 is 1.65. The molecule has 0 radical (unpaired) electrons. The minimum atomic E-state index is -0.540. The lowest BCUT2D eigenvalue weighted by atomic mass is 10.1. The van der Waals surface area contributed by atoms with E-state index in [1.807, 2.05) is 36.6 Å². The fourth-order valence-electron chi connectivity index (χ4n) is 2.47. The van der Waals surface area contributed by atoms with Gasteiger partial charge in [-0.2, -0.15) is 11.8 Å². The molecular formula is C20H26ClN3O2S. The standard InChI is InChI=1S/C20H25N3O2S.ClH/c1-26-14-12-18(23-19(24)16-5-3-2-4-6-16)20(25)22-13-11-15-7-9-17(21)10-8-15;/h2-10,18H,11-14,21H2,1H3,(H,22,25)(H,23,24);1H. The largest absolute Gasteiger partial charge is 0.399 e. The lowest BCUT2D eigenvalue weighted by Crippen LogP contribution is -2.47. The summed E-state index contributed by atoms with van der Waals surface area (Å²) in [5, 5.41) is 5.76. The van der Waals surface area contributed by atoms with E-state index in [0.29, 0.717) is 24.9 Å². The lowest BCUT2D eigenvalue weighted by Gasteiger charge is -2.18.